The van der Waals surface area contributed by atoms with Gasteiger partial charge >= 0.3 is 6.36 Å². The van der Waals surface area contributed by atoms with E-state index < -0.39 is 12.2 Å². The minimum Gasteiger partial charge on any atom is -0.406 e. The van der Waals surface area contributed by atoms with Crippen molar-refractivity contribution in [2.45, 2.75) is 6.36 Å². The molecule has 0 heterocycles. The number of nitrogen functional groups attached to an aromatic ring is 1. The second-order valence-corrected chi connectivity index (χ2v) is 4.33. The number of nitrogens with two attached hydrogens (primary N) is 1. The van der Waals surface area contributed by atoms with Gasteiger partial charge in [0, 0.05) is 5.56 Å². The van der Waals surface area contributed by atoms with Crippen LogP contribution >= 0.6 is 11.6 Å². The van der Waals surface area contributed by atoms with Gasteiger partial charge in [-0.15, -0.1) is 13.2 Å². The highest BCUT2D eigenvalue weighted by Gasteiger charge is 2.31. The number of anilines is 1. The number of ether oxygens (including phenoxy) is 1. The molecule has 20 heavy (non-hydrogen) atoms. The number of hydrogen-bond donors (Lipinski definition) is 1. The van der Waals surface area contributed by atoms with Gasteiger partial charge in [-0.1, -0.05) is 23.7 Å². The number of alkyl halides is 3. The summed E-state index contributed by atoms with van der Waals surface area (Å²) in [4.78, 5) is 0. The number of hydrogen-bond acceptors (Lipinski definition) is 2. The van der Waals surface area contributed by atoms with E-state index in [0.717, 1.165) is 18.2 Å². The molecule has 7 heteroatoms. The lowest BCUT2D eigenvalue weighted by Gasteiger charge is -2.10. The van der Waals surface area contributed by atoms with Crippen LogP contribution in [0, 0.1) is 5.82 Å². The lowest BCUT2D eigenvalue weighted by Crippen LogP contribution is -2.16. The van der Waals surface area contributed by atoms with Crippen molar-refractivity contribution < 1.29 is 22.3 Å². The Bertz CT molecular complexity index is 626. The molecule has 0 fully saturated rings. The molecule has 2 rings (SSSR count). The van der Waals surface area contributed by atoms with Gasteiger partial charge in [0.25, 0.3) is 0 Å². The predicted octanol–water partition coefficient (Wildman–Crippen LogP) is 4.63. The smallest absolute Gasteiger partial charge is 0.406 e. The highest BCUT2D eigenvalue weighted by Crippen LogP contribution is 2.32. The molecule has 0 saturated heterocycles. The number of halogens is 5. The second-order valence-electron chi connectivity index (χ2n) is 3.93. The van der Waals surface area contributed by atoms with Gasteiger partial charge < -0.3 is 10.5 Å². The molecule has 0 aromatic heterocycles. The Morgan fingerprint density at radius 3 is 2.20 bits per heavy atom. The molecule has 0 atom stereocenters. The number of rotatable bonds is 2. The molecule has 2 N–H and O–H groups in total. The fourth-order valence-corrected chi connectivity index (χ4v) is 1.78. The van der Waals surface area contributed by atoms with Gasteiger partial charge in [0.05, 0.1) is 10.7 Å². The third-order valence-electron chi connectivity index (χ3n) is 2.49. The van der Waals surface area contributed by atoms with E-state index in [9.17, 15) is 17.6 Å². The van der Waals surface area contributed by atoms with Crippen LogP contribution in [0.4, 0.5) is 23.2 Å². The maximum absolute atomic E-state index is 13.7. The van der Waals surface area contributed by atoms with Crippen molar-refractivity contribution in [2.75, 3.05) is 5.73 Å². The Morgan fingerprint density at radius 2 is 1.65 bits per heavy atom. The van der Waals surface area contributed by atoms with E-state index in [1.54, 1.807) is 0 Å². The zero-order valence-corrected chi connectivity index (χ0v) is 10.6. The fourth-order valence-electron chi connectivity index (χ4n) is 1.62. The van der Waals surface area contributed by atoms with Crippen molar-refractivity contribution in [3.63, 3.8) is 0 Å². The van der Waals surface area contributed by atoms with E-state index in [0.29, 0.717) is 5.56 Å². The Kier molecular flexibility index (Phi) is 3.76. The highest BCUT2D eigenvalue weighted by molar-refractivity contribution is 6.33. The number of benzene rings is 2. The van der Waals surface area contributed by atoms with Crippen molar-refractivity contribution in [3.05, 3.63) is 47.2 Å². The van der Waals surface area contributed by atoms with Crippen molar-refractivity contribution in [3.8, 4) is 16.9 Å². The summed E-state index contributed by atoms with van der Waals surface area (Å²) in [7, 11) is 0. The SMILES string of the molecule is Nc1cc(F)c(-c2ccc(OC(F)(F)F)cc2)cc1Cl. The molecule has 0 aliphatic heterocycles. The van der Waals surface area contributed by atoms with Crippen LogP contribution in [0.2, 0.25) is 5.02 Å². The average Bonchev–Trinajstić information content (AvgIpc) is 2.33. The Labute approximate surface area is 116 Å². The first-order valence-electron chi connectivity index (χ1n) is 5.37. The van der Waals surface area contributed by atoms with Crippen LogP contribution in [-0.4, -0.2) is 6.36 Å². The predicted molar refractivity (Wildman–Crippen MR) is 67.9 cm³/mol. The summed E-state index contributed by atoms with van der Waals surface area (Å²) in [6.07, 6.45) is -4.77. The molecular formula is C13H8ClF4NO. The summed E-state index contributed by atoms with van der Waals surface area (Å²) in [6, 6.07) is 7.14. The standard InChI is InChI=1S/C13H8ClF4NO/c14-10-5-9(11(15)6-12(10)19)7-1-3-8(4-2-7)20-13(16,17)18/h1-6H,19H2. The molecule has 0 aliphatic rings. The topological polar surface area (TPSA) is 35.2 Å². The molecule has 106 valence electrons. The van der Waals surface area contributed by atoms with Crippen LogP contribution in [0.5, 0.6) is 5.75 Å². The van der Waals surface area contributed by atoms with Crippen LogP contribution in [0.15, 0.2) is 36.4 Å². The van der Waals surface area contributed by atoms with Crippen LogP contribution in [0.1, 0.15) is 0 Å². The molecule has 2 aromatic rings. The van der Waals surface area contributed by atoms with Crippen molar-refractivity contribution in [2.24, 2.45) is 0 Å². The van der Waals surface area contributed by atoms with Crippen LogP contribution in [-0.2, 0) is 0 Å². The van der Waals surface area contributed by atoms with Crippen LogP contribution < -0.4 is 10.5 Å². The minimum absolute atomic E-state index is 0.0879. The van der Waals surface area contributed by atoms with E-state index in [2.05, 4.69) is 4.74 Å². The lowest BCUT2D eigenvalue weighted by atomic mass is 10.0. The second kappa shape index (κ2) is 5.20. The quantitative estimate of drug-likeness (QED) is 0.648. The summed E-state index contributed by atoms with van der Waals surface area (Å²) in [5.41, 5.74) is 6.03. The van der Waals surface area contributed by atoms with Gasteiger partial charge in [-0.2, -0.15) is 0 Å². The van der Waals surface area contributed by atoms with Gasteiger partial charge in [0.15, 0.2) is 0 Å². The minimum atomic E-state index is -4.77. The van der Waals surface area contributed by atoms with Crippen molar-refractivity contribution >= 4 is 17.3 Å². The molecule has 0 spiro atoms. The highest BCUT2D eigenvalue weighted by atomic mass is 35.5. The molecular weight excluding hydrogens is 298 g/mol. The summed E-state index contributed by atoms with van der Waals surface area (Å²) in [5, 5.41) is 0.164. The lowest BCUT2D eigenvalue weighted by molar-refractivity contribution is -0.274. The van der Waals surface area contributed by atoms with E-state index in [1.165, 1.54) is 18.2 Å². The normalized spacial score (nSPS) is 11.4. The zero-order chi connectivity index (χ0) is 14.9. The first-order valence-corrected chi connectivity index (χ1v) is 5.75. The van der Waals surface area contributed by atoms with Crippen molar-refractivity contribution in [1.29, 1.82) is 0 Å². The Hall–Kier alpha value is -1.95. The Morgan fingerprint density at radius 1 is 1.05 bits per heavy atom. The monoisotopic (exact) mass is 305 g/mol. The van der Waals surface area contributed by atoms with E-state index in [1.807, 2.05) is 0 Å². The van der Waals surface area contributed by atoms with Gasteiger partial charge in [-0.05, 0) is 29.8 Å². The maximum atomic E-state index is 13.7. The summed E-state index contributed by atoms with van der Waals surface area (Å²) < 4.78 is 53.5. The fraction of sp³-hybridized carbons (Fsp3) is 0.0769. The third-order valence-corrected chi connectivity index (χ3v) is 2.81. The maximum Gasteiger partial charge on any atom is 0.573 e. The summed E-state index contributed by atoms with van der Waals surface area (Å²) in [6.45, 7) is 0. The van der Waals surface area contributed by atoms with Crippen molar-refractivity contribution in [1.82, 2.24) is 0 Å². The summed E-state index contributed by atoms with van der Waals surface area (Å²) in [5.74, 6) is -1.00. The summed E-state index contributed by atoms with van der Waals surface area (Å²) >= 11 is 5.79. The molecule has 0 saturated carbocycles. The average molecular weight is 306 g/mol. The van der Waals surface area contributed by atoms with E-state index in [4.69, 9.17) is 17.3 Å². The van der Waals surface area contributed by atoms with E-state index in [-0.39, 0.29) is 22.0 Å². The largest absolute Gasteiger partial charge is 0.573 e. The zero-order valence-electron chi connectivity index (χ0n) is 9.84. The molecule has 0 bridgehead atoms. The Balaban J connectivity index is 2.33. The molecule has 0 amide bonds. The van der Waals surface area contributed by atoms with Gasteiger partial charge in [-0.25, -0.2) is 4.39 Å². The van der Waals surface area contributed by atoms with Gasteiger partial charge in [0.1, 0.15) is 11.6 Å². The van der Waals surface area contributed by atoms with Gasteiger partial charge in [-0.3, -0.25) is 0 Å². The van der Waals surface area contributed by atoms with Crippen LogP contribution in [0.25, 0.3) is 11.1 Å². The van der Waals surface area contributed by atoms with Gasteiger partial charge in [0.2, 0.25) is 0 Å². The molecule has 2 nitrogen and oxygen atoms in total. The molecule has 2 aromatic carbocycles. The molecule has 0 unspecified atom stereocenters. The molecule has 0 radical (unpaired) electrons. The first-order chi connectivity index (χ1) is 9.26. The third kappa shape index (κ3) is 3.33. The molecule has 0 aliphatic carbocycles. The first kappa shape index (κ1) is 14.5. The van der Waals surface area contributed by atoms with E-state index >= 15 is 0 Å². The van der Waals surface area contributed by atoms with Crippen LogP contribution in [0.3, 0.4) is 0 Å².